The molecule has 0 spiro atoms. The van der Waals surface area contributed by atoms with Gasteiger partial charge in [-0.05, 0) is 112 Å². The fourth-order valence-electron chi connectivity index (χ4n) is 4.60. The maximum atomic E-state index is 4.32. The molecule has 3 aliphatic carbocycles. The van der Waals surface area contributed by atoms with Crippen molar-refractivity contribution in [3.63, 3.8) is 0 Å². The molecule has 0 atom stereocenters. The van der Waals surface area contributed by atoms with Crippen LogP contribution < -0.4 is 0 Å². The van der Waals surface area contributed by atoms with Gasteiger partial charge in [0.05, 0.1) is 0 Å². The van der Waals surface area contributed by atoms with Crippen LogP contribution in [-0.2, 0) is 38.5 Å². The van der Waals surface area contributed by atoms with Gasteiger partial charge in [-0.2, -0.15) is 0 Å². The second-order valence-corrected chi connectivity index (χ2v) is 8.45. The minimum atomic E-state index is 1.19. The fourth-order valence-corrected chi connectivity index (χ4v) is 4.60. The lowest BCUT2D eigenvalue weighted by Gasteiger charge is -2.12. The molecule has 30 heavy (non-hydrogen) atoms. The molecule has 0 aromatic carbocycles. The lowest BCUT2D eigenvalue weighted by atomic mass is 9.96. The van der Waals surface area contributed by atoms with E-state index < -0.39 is 0 Å². The monoisotopic (exact) mass is 399 g/mol. The van der Waals surface area contributed by atoms with Crippen molar-refractivity contribution in [3.05, 3.63) is 88.8 Å². The van der Waals surface area contributed by atoms with Gasteiger partial charge in [0.25, 0.3) is 0 Å². The van der Waals surface area contributed by atoms with Crippen LogP contribution in [0.1, 0.15) is 72.3 Å². The Balaban J connectivity index is 0.000000109. The van der Waals surface area contributed by atoms with E-state index in [-0.39, 0.29) is 0 Å². The van der Waals surface area contributed by atoms with Crippen LogP contribution in [-0.4, -0.2) is 15.0 Å². The SMILES string of the molecule is c1cnc2c(c1)CCCC2.c1cnc2c(c1)CCCC2.c1cnc2c(c1)CCCC2. The Labute approximate surface area is 181 Å². The van der Waals surface area contributed by atoms with E-state index in [2.05, 4.69) is 33.2 Å². The smallest absolute Gasteiger partial charge is 0.0435 e. The number of hydrogen-bond donors (Lipinski definition) is 0. The second-order valence-electron chi connectivity index (χ2n) is 8.45. The van der Waals surface area contributed by atoms with Crippen molar-refractivity contribution < 1.29 is 0 Å². The van der Waals surface area contributed by atoms with E-state index in [9.17, 15) is 0 Å². The first-order chi connectivity index (χ1) is 14.9. The van der Waals surface area contributed by atoms with Gasteiger partial charge in [-0.25, -0.2) is 0 Å². The zero-order valence-electron chi connectivity index (χ0n) is 18.0. The highest BCUT2D eigenvalue weighted by Gasteiger charge is 2.09. The molecular formula is C27H33N3. The Morgan fingerprint density at radius 2 is 0.700 bits per heavy atom. The summed E-state index contributed by atoms with van der Waals surface area (Å²) in [4.78, 5) is 13.0. The molecule has 3 aliphatic rings. The van der Waals surface area contributed by atoms with E-state index in [4.69, 9.17) is 0 Å². The van der Waals surface area contributed by atoms with E-state index in [0.29, 0.717) is 0 Å². The predicted octanol–water partition coefficient (Wildman–Crippen LogP) is 5.88. The molecule has 156 valence electrons. The van der Waals surface area contributed by atoms with Crippen LogP contribution in [0.5, 0.6) is 0 Å². The molecule has 0 radical (unpaired) electrons. The molecule has 3 heterocycles. The summed E-state index contributed by atoms with van der Waals surface area (Å²) in [6, 6.07) is 12.7. The van der Waals surface area contributed by atoms with Crippen LogP contribution in [0.25, 0.3) is 0 Å². The predicted molar refractivity (Wildman–Crippen MR) is 123 cm³/mol. The topological polar surface area (TPSA) is 38.7 Å². The Morgan fingerprint density at radius 1 is 0.400 bits per heavy atom. The highest BCUT2D eigenvalue weighted by atomic mass is 14.7. The van der Waals surface area contributed by atoms with Crippen molar-refractivity contribution in [1.29, 1.82) is 0 Å². The molecule has 6 rings (SSSR count). The third-order valence-corrected chi connectivity index (χ3v) is 6.28. The average Bonchev–Trinajstić information content (AvgIpc) is 2.85. The number of fused-ring (bicyclic) bond motifs is 3. The van der Waals surface area contributed by atoms with Crippen LogP contribution in [0.4, 0.5) is 0 Å². The number of nitrogens with zero attached hydrogens (tertiary/aromatic N) is 3. The number of aromatic nitrogens is 3. The van der Waals surface area contributed by atoms with Gasteiger partial charge >= 0.3 is 0 Å². The van der Waals surface area contributed by atoms with Gasteiger partial charge < -0.3 is 0 Å². The normalized spacial score (nSPS) is 16.4. The van der Waals surface area contributed by atoms with Gasteiger partial charge in [0, 0.05) is 35.7 Å². The van der Waals surface area contributed by atoms with Gasteiger partial charge in [0.15, 0.2) is 0 Å². The standard InChI is InChI=1S/3C9H11N/c3*1-2-6-9-8(4-1)5-3-7-10-9/h3*3,5,7H,1-2,4,6H2. The fraction of sp³-hybridized carbons (Fsp3) is 0.444. The summed E-state index contributed by atoms with van der Waals surface area (Å²) in [5.41, 5.74) is 8.38. The molecule has 3 aromatic heterocycles. The average molecular weight is 400 g/mol. The zero-order valence-corrected chi connectivity index (χ0v) is 18.0. The third-order valence-electron chi connectivity index (χ3n) is 6.28. The molecule has 3 aromatic rings. The van der Waals surface area contributed by atoms with Crippen LogP contribution in [0.2, 0.25) is 0 Å². The van der Waals surface area contributed by atoms with Gasteiger partial charge in [0.1, 0.15) is 0 Å². The van der Waals surface area contributed by atoms with Crippen molar-refractivity contribution in [2.24, 2.45) is 0 Å². The molecule has 0 aliphatic heterocycles. The minimum Gasteiger partial charge on any atom is -0.261 e. The van der Waals surface area contributed by atoms with Crippen LogP contribution in [0.15, 0.2) is 55.0 Å². The van der Waals surface area contributed by atoms with Crippen LogP contribution in [0, 0.1) is 0 Å². The highest BCUT2D eigenvalue weighted by molar-refractivity contribution is 5.23. The summed E-state index contributed by atoms with van der Waals surface area (Å²) < 4.78 is 0. The molecule has 0 bridgehead atoms. The molecule has 0 fully saturated rings. The molecule has 3 nitrogen and oxygen atoms in total. The van der Waals surface area contributed by atoms with E-state index in [1.807, 2.05) is 36.8 Å². The summed E-state index contributed by atoms with van der Waals surface area (Å²) in [5, 5.41) is 0. The van der Waals surface area contributed by atoms with Gasteiger partial charge in [-0.15, -0.1) is 0 Å². The molecule has 0 saturated heterocycles. The van der Waals surface area contributed by atoms with Crippen molar-refractivity contribution >= 4 is 0 Å². The van der Waals surface area contributed by atoms with Crippen molar-refractivity contribution in [2.45, 2.75) is 77.0 Å². The van der Waals surface area contributed by atoms with E-state index in [1.165, 1.54) is 111 Å². The van der Waals surface area contributed by atoms with Crippen LogP contribution in [0.3, 0.4) is 0 Å². The van der Waals surface area contributed by atoms with Gasteiger partial charge in [-0.3, -0.25) is 15.0 Å². The lowest BCUT2D eigenvalue weighted by Crippen LogP contribution is -2.03. The number of hydrogen-bond acceptors (Lipinski definition) is 3. The van der Waals surface area contributed by atoms with E-state index in [0.717, 1.165) is 0 Å². The van der Waals surface area contributed by atoms with Gasteiger partial charge in [0.2, 0.25) is 0 Å². The Kier molecular flexibility index (Phi) is 7.60. The molecular weight excluding hydrogens is 366 g/mol. The van der Waals surface area contributed by atoms with Crippen LogP contribution >= 0.6 is 0 Å². The number of aryl methyl sites for hydroxylation is 6. The summed E-state index contributed by atoms with van der Waals surface area (Å²) in [6.45, 7) is 0. The van der Waals surface area contributed by atoms with Crippen molar-refractivity contribution in [2.75, 3.05) is 0 Å². The lowest BCUT2D eigenvalue weighted by molar-refractivity contribution is 0.668. The minimum absolute atomic E-state index is 1.19. The molecule has 3 heteroatoms. The molecule has 0 unspecified atom stereocenters. The van der Waals surface area contributed by atoms with Gasteiger partial charge in [-0.1, -0.05) is 18.2 Å². The number of rotatable bonds is 0. The van der Waals surface area contributed by atoms with Crippen molar-refractivity contribution in [3.8, 4) is 0 Å². The zero-order chi connectivity index (χ0) is 20.4. The molecule has 0 saturated carbocycles. The Bertz CT molecular complexity index is 737. The van der Waals surface area contributed by atoms with Crippen molar-refractivity contribution in [1.82, 2.24) is 15.0 Å². The Morgan fingerprint density at radius 3 is 1.00 bits per heavy atom. The summed E-state index contributed by atoms with van der Waals surface area (Å²) in [6.07, 6.45) is 21.0. The second kappa shape index (κ2) is 11.0. The summed E-state index contributed by atoms with van der Waals surface area (Å²) in [7, 11) is 0. The molecule has 0 amide bonds. The third kappa shape index (κ3) is 5.75. The summed E-state index contributed by atoms with van der Waals surface area (Å²) >= 11 is 0. The highest BCUT2D eigenvalue weighted by Crippen LogP contribution is 2.19. The first-order valence-corrected chi connectivity index (χ1v) is 11.7. The summed E-state index contributed by atoms with van der Waals surface area (Å²) in [5.74, 6) is 0. The maximum absolute atomic E-state index is 4.32. The number of pyridine rings is 3. The van der Waals surface area contributed by atoms with E-state index >= 15 is 0 Å². The first-order valence-electron chi connectivity index (χ1n) is 11.7. The quantitative estimate of drug-likeness (QED) is 0.474. The first kappa shape index (κ1) is 20.7. The largest absolute Gasteiger partial charge is 0.261 e. The molecule has 0 N–H and O–H groups in total. The Hall–Kier alpha value is -2.55. The maximum Gasteiger partial charge on any atom is 0.0435 e. The van der Waals surface area contributed by atoms with E-state index in [1.54, 1.807) is 0 Å².